The molecule has 0 aromatic heterocycles. The van der Waals surface area contributed by atoms with Crippen molar-refractivity contribution >= 4 is 5.78 Å². The van der Waals surface area contributed by atoms with Gasteiger partial charge >= 0.3 is 0 Å². The Morgan fingerprint density at radius 3 is 2.75 bits per heavy atom. The molecule has 3 rings (SSSR count). The van der Waals surface area contributed by atoms with Gasteiger partial charge in [0.2, 0.25) is 0 Å². The Balaban J connectivity index is 1.64. The monoisotopic (exact) mass is 222 g/mol. The fraction of sp³-hybridized carbons (Fsp3) is 0.769. The highest BCUT2D eigenvalue weighted by molar-refractivity contribution is 5.92. The van der Waals surface area contributed by atoms with E-state index in [0.717, 1.165) is 12.8 Å². The molecule has 1 spiro atoms. The smallest absolute Gasteiger partial charge is 0.168 e. The lowest BCUT2D eigenvalue weighted by Gasteiger charge is -2.32. The zero-order valence-electron chi connectivity index (χ0n) is 9.48. The van der Waals surface area contributed by atoms with Gasteiger partial charge in [-0.15, -0.1) is 0 Å². The lowest BCUT2D eigenvalue weighted by atomic mass is 9.94. The van der Waals surface area contributed by atoms with E-state index in [1.54, 1.807) is 6.08 Å². The summed E-state index contributed by atoms with van der Waals surface area (Å²) in [5.74, 6) is 0.162. The molecule has 1 heterocycles. The van der Waals surface area contributed by atoms with E-state index in [-0.39, 0.29) is 23.6 Å². The summed E-state index contributed by atoms with van der Waals surface area (Å²) in [6, 6.07) is 0. The minimum Gasteiger partial charge on any atom is -0.347 e. The number of ketones is 1. The maximum absolute atomic E-state index is 11.2. The quantitative estimate of drug-likeness (QED) is 0.682. The molecular formula is C13H18O3. The number of ether oxygens (including phenoxy) is 2. The van der Waals surface area contributed by atoms with Crippen LogP contribution in [0.15, 0.2) is 12.2 Å². The predicted molar refractivity (Wildman–Crippen MR) is 58.9 cm³/mol. The topological polar surface area (TPSA) is 35.5 Å². The van der Waals surface area contributed by atoms with Gasteiger partial charge in [0.05, 0.1) is 12.7 Å². The minimum atomic E-state index is -0.303. The molecule has 16 heavy (non-hydrogen) atoms. The van der Waals surface area contributed by atoms with Crippen LogP contribution in [0.2, 0.25) is 0 Å². The molecule has 1 aliphatic heterocycles. The van der Waals surface area contributed by atoms with Gasteiger partial charge in [-0.2, -0.15) is 0 Å². The van der Waals surface area contributed by atoms with E-state index in [2.05, 4.69) is 0 Å². The van der Waals surface area contributed by atoms with E-state index in [1.807, 2.05) is 6.08 Å². The molecule has 0 aromatic carbocycles. The van der Waals surface area contributed by atoms with Gasteiger partial charge in [-0.3, -0.25) is 4.79 Å². The summed E-state index contributed by atoms with van der Waals surface area (Å²) >= 11 is 0. The molecule has 3 aliphatic rings. The largest absolute Gasteiger partial charge is 0.347 e. The number of hydrogen-bond acceptors (Lipinski definition) is 3. The molecule has 3 nitrogen and oxygen atoms in total. The van der Waals surface area contributed by atoms with Gasteiger partial charge in [0.1, 0.15) is 0 Å². The highest BCUT2D eigenvalue weighted by Gasteiger charge is 2.44. The van der Waals surface area contributed by atoms with E-state index < -0.39 is 0 Å². The van der Waals surface area contributed by atoms with Gasteiger partial charge in [-0.25, -0.2) is 0 Å². The second-order valence-electron chi connectivity index (χ2n) is 5.13. The first-order chi connectivity index (χ1) is 7.77. The maximum atomic E-state index is 11.2. The molecule has 2 aliphatic carbocycles. The number of rotatable bonds is 1. The third-order valence-corrected chi connectivity index (χ3v) is 3.94. The first kappa shape index (κ1) is 10.5. The summed E-state index contributed by atoms with van der Waals surface area (Å²) in [6.07, 6.45) is 10.1. The van der Waals surface area contributed by atoms with Crippen molar-refractivity contribution in [3.8, 4) is 0 Å². The molecule has 0 amide bonds. The highest BCUT2D eigenvalue weighted by atomic mass is 16.7. The van der Waals surface area contributed by atoms with Crippen LogP contribution in [0.4, 0.5) is 0 Å². The molecule has 2 atom stereocenters. The summed E-state index contributed by atoms with van der Waals surface area (Å²) < 4.78 is 12.0. The second kappa shape index (κ2) is 3.97. The molecule has 88 valence electrons. The van der Waals surface area contributed by atoms with E-state index in [1.165, 1.54) is 19.3 Å². The van der Waals surface area contributed by atoms with Crippen molar-refractivity contribution in [1.29, 1.82) is 0 Å². The summed E-state index contributed by atoms with van der Waals surface area (Å²) in [4.78, 5) is 11.2. The Labute approximate surface area is 95.8 Å². The Kier molecular flexibility index (Phi) is 2.60. The van der Waals surface area contributed by atoms with E-state index >= 15 is 0 Å². The number of hydrogen-bond donors (Lipinski definition) is 0. The van der Waals surface area contributed by atoms with Crippen molar-refractivity contribution < 1.29 is 14.3 Å². The minimum absolute atomic E-state index is 0.0980. The lowest BCUT2D eigenvalue weighted by molar-refractivity contribution is -0.190. The molecule has 0 N–H and O–H groups in total. The first-order valence-electron chi connectivity index (χ1n) is 6.30. The van der Waals surface area contributed by atoms with Crippen molar-refractivity contribution in [2.45, 2.75) is 50.4 Å². The third-order valence-electron chi connectivity index (χ3n) is 3.94. The highest BCUT2D eigenvalue weighted by Crippen LogP contribution is 2.40. The van der Waals surface area contributed by atoms with Gasteiger partial charge in [0.15, 0.2) is 11.6 Å². The Morgan fingerprint density at radius 2 is 2.06 bits per heavy atom. The van der Waals surface area contributed by atoms with Crippen LogP contribution in [0.1, 0.15) is 38.5 Å². The molecule has 0 radical (unpaired) electrons. The normalized spacial score (nSPS) is 37.4. The van der Waals surface area contributed by atoms with Crippen molar-refractivity contribution in [3.63, 3.8) is 0 Å². The van der Waals surface area contributed by atoms with E-state index in [9.17, 15) is 4.79 Å². The van der Waals surface area contributed by atoms with Gasteiger partial charge in [-0.1, -0.05) is 12.5 Å². The van der Waals surface area contributed by atoms with Gasteiger partial charge in [-0.05, 0) is 18.9 Å². The zero-order valence-corrected chi connectivity index (χ0v) is 9.48. The molecular weight excluding hydrogens is 204 g/mol. The first-order valence-corrected chi connectivity index (χ1v) is 6.30. The lowest BCUT2D eigenvalue weighted by Crippen LogP contribution is -2.34. The number of allylic oxidation sites excluding steroid dienone is 1. The fourth-order valence-corrected chi connectivity index (χ4v) is 3.00. The standard InChI is InChI=1S/C13H18O3/c14-11-5-4-10(8-11)12-9-15-13(16-12)6-2-1-3-7-13/h4-5,10,12H,1-3,6-9H2/t10-,12+/m0/s1. The molecule has 0 unspecified atom stereocenters. The Hall–Kier alpha value is -0.670. The van der Waals surface area contributed by atoms with Crippen LogP contribution >= 0.6 is 0 Å². The molecule has 1 saturated heterocycles. The molecule has 2 fully saturated rings. The van der Waals surface area contributed by atoms with Crippen molar-refractivity contribution in [2.24, 2.45) is 5.92 Å². The summed E-state index contributed by atoms with van der Waals surface area (Å²) in [6.45, 7) is 0.655. The Morgan fingerprint density at radius 1 is 1.25 bits per heavy atom. The van der Waals surface area contributed by atoms with Gasteiger partial charge in [0, 0.05) is 25.2 Å². The third kappa shape index (κ3) is 1.82. The summed E-state index contributed by atoms with van der Waals surface area (Å²) in [5, 5.41) is 0. The van der Waals surface area contributed by atoms with E-state index in [0.29, 0.717) is 13.0 Å². The van der Waals surface area contributed by atoms with Crippen molar-refractivity contribution in [2.75, 3.05) is 6.61 Å². The van der Waals surface area contributed by atoms with Crippen LogP contribution < -0.4 is 0 Å². The van der Waals surface area contributed by atoms with Crippen LogP contribution in [-0.2, 0) is 14.3 Å². The average molecular weight is 222 g/mol. The number of carbonyl (C=O) groups excluding carboxylic acids is 1. The SMILES string of the molecule is O=C1C=C[C@H]([C@H]2COC3(CCCCC3)O2)C1. The van der Waals surface area contributed by atoms with E-state index in [4.69, 9.17) is 9.47 Å². The molecule has 1 saturated carbocycles. The van der Waals surface area contributed by atoms with Crippen molar-refractivity contribution in [3.05, 3.63) is 12.2 Å². The zero-order chi connectivity index (χ0) is 11.0. The summed E-state index contributed by atoms with van der Waals surface area (Å²) in [5.41, 5.74) is 0. The predicted octanol–water partition coefficient (Wildman–Crippen LogP) is 2.21. The van der Waals surface area contributed by atoms with Crippen LogP contribution in [0.5, 0.6) is 0 Å². The molecule has 3 heteroatoms. The Bertz CT molecular complexity index is 315. The van der Waals surface area contributed by atoms with Crippen LogP contribution in [0, 0.1) is 5.92 Å². The summed E-state index contributed by atoms with van der Waals surface area (Å²) in [7, 11) is 0. The molecule has 0 bridgehead atoms. The van der Waals surface area contributed by atoms with Gasteiger partial charge < -0.3 is 9.47 Å². The van der Waals surface area contributed by atoms with Gasteiger partial charge in [0.25, 0.3) is 0 Å². The fourth-order valence-electron chi connectivity index (χ4n) is 3.00. The molecule has 0 aromatic rings. The average Bonchev–Trinajstić information content (AvgIpc) is 2.87. The van der Waals surface area contributed by atoms with Crippen LogP contribution in [-0.4, -0.2) is 24.3 Å². The second-order valence-corrected chi connectivity index (χ2v) is 5.13. The van der Waals surface area contributed by atoms with Crippen LogP contribution in [0.3, 0.4) is 0 Å². The maximum Gasteiger partial charge on any atom is 0.168 e. The van der Waals surface area contributed by atoms with Crippen molar-refractivity contribution in [1.82, 2.24) is 0 Å². The van der Waals surface area contributed by atoms with Crippen LogP contribution in [0.25, 0.3) is 0 Å². The number of carbonyl (C=O) groups is 1.